The number of halogens is 4. The molecule has 4 heterocycles. The Labute approximate surface area is 242 Å². The van der Waals surface area contributed by atoms with Crippen LogP contribution in [0.25, 0.3) is 0 Å². The van der Waals surface area contributed by atoms with Crippen molar-refractivity contribution >= 4 is 17.4 Å². The van der Waals surface area contributed by atoms with E-state index in [0.717, 1.165) is 25.5 Å². The van der Waals surface area contributed by atoms with E-state index in [1.807, 2.05) is 18.9 Å². The number of ether oxygens (including phenoxy) is 2. The number of aromatic nitrogens is 2. The second kappa shape index (κ2) is 11.7. The minimum absolute atomic E-state index is 0.0993. The number of benzene rings is 1. The van der Waals surface area contributed by atoms with Crippen molar-refractivity contribution in [3.05, 3.63) is 52.5 Å². The monoisotopic (exact) mass is 592 g/mol. The van der Waals surface area contributed by atoms with Gasteiger partial charge in [-0.3, -0.25) is 4.79 Å². The van der Waals surface area contributed by atoms with Gasteiger partial charge in [-0.1, -0.05) is 6.58 Å². The van der Waals surface area contributed by atoms with Crippen molar-refractivity contribution in [1.82, 2.24) is 19.8 Å². The van der Waals surface area contributed by atoms with Gasteiger partial charge >= 0.3 is 12.2 Å². The van der Waals surface area contributed by atoms with Crippen LogP contribution in [-0.2, 0) is 28.7 Å². The zero-order valence-electron chi connectivity index (χ0n) is 24.0. The predicted octanol–water partition coefficient (Wildman–Crippen LogP) is 4.04. The summed E-state index contributed by atoms with van der Waals surface area (Å²) >= 11 is 0. The molecule has 2 fully saturated rings. The van der Waals surface area contributed by atoms with Crippen LogP contribution >= 0.6 is 0 Å². The van der Waals surface area contributed by atoms with Gasteiger partial charge in [-0.05, 0) is 58.0 Å². The molecule has 1 amide bonds. The molecule has 0 spiro atoms. The Morgan fingerprint density at radius 2 is 2.05 bits per heavy atom. The molecule has 228 valence electrons. The molecule has 0 bridgehead atoms. The van der Waals surface area contributed by atoms with Crippen molar-refractivity contribution in [2.75, 3.05) is 50.5 Å². The Morgan fingerprint density at radius 3 is 2.69 bits per heavy atom. The number of carbonyl (C=O) groups is 1. The third-order valence-corrected chi connectivity index (χ3v) is 8.45. The number of rotatable bonds is 6. The maximum Gasteiger partial charge on any atom is 0.417 e. The van der Waals surface area contributed by atoms with Gasteiger partial charge in [0.25, 0.3) is 0 Å². The molecule has 3 aliphatic rings. The van der Waals surface area contributed by atoms with Crippen molar-refractivity contribution in [3.63, 3.8) is 0 Å². The van der Waals surface area contributed by atoms with Crippen molar-refractivity contribution in [1.29, 1.82) is 0 Å². The van der Waals surface area contributed by atoms with Crippen LogP contribution in [-0.4, -0.2) is 77.6 Å². The molecule has 9 nitrogen and oxygen atoms in total. The lowest BCUT2D eigenvalue weighted by molar-refractivity contribution is -0.140. The van der Waals surface area contributed by atoms with Crippen molar-refractivity contribution in [3.8, 4) is 6.01 Å². The highest BCUT2D eigenvalue weighted by molar-refractivity contribution is 5.87. The zero-order valence-corrected chi connectivity index (χ0v) is 24.0. The van der Waals surface area contributed by atoms with Crippen LogP contribution in [0.4, 0.5) is 29.1 Å². The summed E-state index contributed by atoms with van der Waals surface area (Å²) in [5.41, 5.74) is 4.52. The van der Waals surface area contributed by atoms with Gasteiger partial charge in [-0.2, -0.15) is 23.1 Å². The smallest absolute Gasteiger partial charge is 0.417 e. The molecule has 5 rings (SSSR count). The minimum Gasteiger partial charge on any atom is -0.462 e. The molecule has 1 aromatic carbocycles. The number of hydrogen-bond acceptors (Lipinski definition) is 8. The Hall–Kier alpha value is -3.45. The first-order valence-corrected chi connectivity index (χ1v) is 14.1. The quantitative estimate of drug-likeness (QED) is 0.305. The van der Waals surface area contributed by atoms with Gasteiger partial charge in [-0.15, -0.1) is 0 Å². The second-order valence-electron chi connectivity index (χ2n) is 11.3. The number of nitrogen functional groups attached to an aromatic ring is 1. The molecule has 0 unspecified atom stereocenters. The van der Waals surface area contributed by atoms with Crippen molar-refractivity contribution in [2.24, 2.45) is 0 Å². The molecule has 2 aromatic rings. The van der Waals surface area contributed by atoms with Crippen LogP contribution in [0.1, 0.15) is 53.8 Å². The summed E-state index contributed by atoms with van der Waals surface area (Å²) in [6.07, 6.45) is -2.90. The molecular weight excluding hydrogens is 556 g/mol. The number of likely N-dealkylation sites (N-methyl/N-ethyl adjacent to an activating group) is 1. The zero-order chi connectivity index (χ0) is 30.3. The average Bonchev–Trinajstić information content (AvgIpc) is 3.36. The highest BCUT2D eigenvalue weighted by atomic mass is 19.4. The first kappa shape index (κ1) is 30.0. The molecule has 3 aliphatic heterocycles. The van der Waals surface area contributed by atoms with Gasteiger partial charge in [-0.25, -0.2) is 4.39 Å². The van der Waals surface area contributed by atoms with Gasteiger partial charge in [0.2, 0.25) is 5.91 Å². The minimum atomic E-state index is -4.81. The number of fused-ring (bicyclic) bond motifs is 1. The number of likely N-dealkylation sites (tertiary alicyclic amines) is 1. The summed E-state index contributed by atoms with van der Waals surface area (Å²) < 4.78 is 69.6. The van der Waals surface area contributed by atoms with Crippen molar-refractivity contribution in [2.45, 2.75) is 64.1 Å². The lowest BCUT2D eigenvalue weighted by Gasteiger charge is -2.41. The number of nitrogens with two attached hydrogens (primary N) is 1. The SMILES string of the molecule is C=CC(=O)N1CCN(c2nc(OC[C@@H]3CCCN3C)nc3c2CO[C@H](c2c(F)c(N)cc(C)c2C(F)(F)F)C3)C[C@@H]1C. The van der Waals surface area contributed by atoms with E-state index in [9.17, 15) is 18.0 Å². The Morgan fingerprint density at radius 1 is 1.29 bits per heavy atom. The Bertz CT molecular complexity index is 1370. The lowest BCUT2D eigenvalue weighted by Crippen LogP contribution is -2.54. The highest BCUT2D eigenvalue weighted by Crippen LogP contribution is 2.44. The number of anilines is 2. The summed E-state index contributed by atoms with van der Waals surface area (Å²) in [6.45, 7) is 9.28. The lowest BCUT2D eigenvalue weighted by atomic mass is 9.91. The summed E-state index contributed by atoms with van der Waals surface area (Å²) in [4.78, 5) is 27.5. The standard InChI is InChI=1S/C29H36F4N6O3/c1-5-23(40)39-10-9-38(13-17(39)3)27-19-15-41-22(24-25(29(31,32)33)16(2)11-20(34)26(24)30)12-21(19)35-28(36-27)42-14-18-7-6-8-37(18)4/h5,11,17-18,22H,1,6-10,12-15,34H2,2-4H3/t17-,18-,22-/m0/s1. The first-order chi connectivity index (χ1) is 19.9. The van der Waals surface area contributed by atoms with E-state index in [2.05, 4.69) is 16.5 Å². The summed E-state index contributed by atoms with van der Waals surface area (Å²) in [7, 11) is 2.02. The molecule has 13 heteroatoms. The third kappa shape index (κ3) is 5.76. The number of amides is 1. The Balaban J connectivity index is 1.51. The van der Waals surface area contributed by atoms with E-state index in [4.69, 9.17) is 20.2 Å². The van der Waals surface area contributed by atoms with Crippen LogP contribution < -0.4 is 15.4 Å². The van der Waals surface area contributed by atoms with Gasteiger partial charge < -0.3 is 29.9 Å². The van der Waals surface area contributed by atoms with Crippen LogP contribution in [0, 0.1) is 12.7 Å². The first-order valence-electron chi connectivity index (χ1n) is 14.1. The maximum atomic E-state index is 15.3. The molecule has 0 radical (unpaired) electrons. The molecule has 0 aliphatic carbocycles. The fraction of sp³-hybridized carbons (Fsp3) is 0.552. The molecule has 1 aromatic heterocycles. The Kier molecular flexibility index (Phi) is 8.35. The predicted molar refractivity (Wildman–Crippen MR) is 149 cm³/mol. The van der Waals surface area contributed by atoms with E-state index in [1.165, 1.54) is 13.0 Å². The molecule has 2 saturated heterocycles. The van der Waals surface area contributed by atoms with E-state index < -0.39 is 29.2 Å². The molecule has 3 atom stereocenters. The number of piperazine rings is 1. The summed E-state index contributed by atoms with van der Waals surface area (Å²) in [6, 6.07) is 1.13. The maximum absolute atomic E-state index is 15.3. The summed E-state index contributed by atoms with van der Waals surface area (Å²) in [5, 5.41) is 0. The number of alkyl halides is 3. The molecular formula is C29H36F4N6O3. The van der Waals surface area contributed by atoms with E-state index in [-0.39, 0.29) is 48.3 Å². The van der Waals surface area contributed by atoms with Gasteiger partial charge in [0.1, 0.15) is 12.4 Å². The van der Waals surface area contributed by atoms with E-state index in [0.29, 0.717) is 43.3 Å². The van der Waals surface area contributed by atoms with Gasteiger partial charge in [0.15, 0.2) is 5.82 Å². The van der Waals surface area contributed by atoms with E-state index in [1.54, 1.807) is 4.90 Å². The average molecular weight is 593 g/mol. The van der Waals surface area contributed by atoms with Crippen LogP contribution in [0.15, 0.2) is 18.7 Å². The molecule has 0 saturated carbocycles. The fourth-order valence-electron chi connectivity index (χ4n) is 6.22. The van der Waals surface area contributed by atoms with Crippen LogP contribution in [0.3, 0.4) is 0 Å². The number of hydrogen-bond donors (Lipinski definition) is 1. The van der Waals surface area contributed by atoms with E-state index >= 15 is 4.39 Å². The normalized spacial score (nSPS) is 23.2. The third-order valence-electron chi connectivity index (χ3n) is 8.45. The number of aryl methyl sites for hydroxylation is 1. The van der Waals surface area contributed by atoms with Crippen LogP contribution in [0.5, 0.6) is 6.01 Å². The second-order valence-corrected chi connectivity index (χ2v) is 11.3. The molecule has 2 N–H and O–H groups in total. The largest absolute Gasteiger partial charge is 0.462 e. The summed E-state index contributed by atoms with van der Waals surface area (Å²) in [5.74, 6) is -0.776. The number of carbonyl (C=O) groups excluding carboxylic acids is 1. The van der Waals surface area contributed by atoms with Gasteiger partial charge in [0.05, 0.1) is 29.7 Å². The van der Waals surface area contributed by atoms with Crippen LogP contribution in [0.2, 0.25) is 0 Å². The van der Waals surface area contributed by atoms with Crippen molar-refractivity contribution < 1.29 is 31.8 Å². The molecule has 42 heavy (non-hydrogen) atoms. The number of nitrogens with zero attached hydrogens (tertiary/aromatic N) is 5. The highest BCUT2D eigenvalue weighted by Gasteiger charge is 2.42. The van der Waals surface area contributed by atoms with Gasteiger partial charge in [0, 0.05) is 49.3 Å². The fourth-order valence-corrected chi connectivity index (χ4v) is 6.22. The topological polar surface area (TPSA) is 97.0 Å².